The molecule has 0 bridgehead atoms. The summed E-state index contributed by atoms with van der Waals surface area (Å²) in [7, 11) is 0. The molecule has 33 heavy (non-hydrogen) atoms. The number of pyridine rings is 1. The van der Waals surface area contributed by atoms with Crippen molar-refractivity contribution in [1.29, 1.82) is 0 Å². The van der Waals surface area contributed by atoms with Crippen LogP contribution in [0.15, 0.2) is 89.5 Å². The number of carboxylic acids is 1. The fourth-order valence-electron chi connectivity index (χ4n) is 4.08. The first kappa shape index (κ1) is 20.7. The highest BCUT2D eigenvalue weighted by Crippen LogP contribution is 2.43. The molecule has 2 atom stereocenters. The van der Waals surface area contributed by atoms with Gasteiger partial charge >= 0.3 is 5.97 Å². The maximum Gasteiger partial charge on any atom is 0.336 e. The molecule has 1 aliphatic heterocycles. The second-order valence-corrected chi connectivity index (χ2v) is 7.95. The van der Waals surface area contributed by atoms with E-state index in [2.05, 4.69) is 10.3 Å². The molecule has 4 aromatic rings. The predicted molar refractivity (Wildman–Crippen MR) is 127 cm³/mol. The number of aromatic hydroxyl groups is 1. The van der Waals surface area contributed by atoms with Crippen LogP contribution in [0.5, 0.6) is 5.75 Å². The summed E-state index contributed by atoms with van der Waals surface area (Å²) in [6, 6.07) is 22.0. The number of nitrogens with one attached hydrogen (secondary N) is 1. The summed E-state index contributed by atoms with van der Waals surface area (Å²) in [6.45, 7) is 0. The zero-order chi connectivity index (χ0) is 22.9. The van der Waals surface area contributed by atoms with Crippen LogP contribution in [-0.4, -0.2) is 26.3 Å². The molecule has 1 aliphatic rings. The van der Waals surface area contributed by atoms with Gasteiger partial charge in [-0.15, -0.1) is 0 Å². The van der Waals surface area contributed by atoms with Gasteiger partial charge in [-0.3, -0.25) is 4.98 Å². The van der Waals surface area contributed by atoms with Crippen molar-refractivity contribution in [3.05, 3.63) is 102 Å². The Morgan fingerprint density at radius 3 is 2.48 bits per heavy atom. The highest BCUT2D eigenvalue weighted by Gasteiger charge is 2.42. The quantitative estimate of drug-likeness (QED) is 0.363. The van der Waals surface area contributed by atoms with E-state index in [1.54, 1.807) is 60.8 Å². The van der Waals surface area contributed by atoms with E-state index >= 15 is 0 Å². The lowest BCUT2D eigenvalue weighted by Gasteiger charge is -2.26. The molecule has 0 amide bonds. The van der Waals surface area contributed by atoms with Crippen LogP contribution in [0, 0.1) is 0 Å². The zero-order valence-corrected chi connectivity index (χ0v) is 18.1. The van der Waals surface area contributed by atoms with Gasteiger partial charge in [0.25, 0.3) is 0 Å². The van der Waals surface area contributed by atoms with Crippen LogP contribution in [0.1, 0.15) is 33.9 Å². The van der Waals surface area contributed by atoms with E-state index in [1.807, 2.05) is 29.2 Å². The number of thiocarbonyl (C=S) groups is 1. The minimum absolute atomic E-state index is 0.153. The maximum absolute atomic E-state index is 11.7. The van der Waals surface area contributed by atoms with Crippen molar-refractivity contribution in [1.82, 2.24) is 10.3 Å². The van der Waals surface area contributed by atoms with Gasteiger partial charge in [-0.2, -0.15) is 0 Å². The first-order valence-corrected chi connectivity index (χ1v) is 10.7. The van der Waals surface area contributed by atoms with Gasteiger partial charge in [0.2, 0.25) is 0 Å². The molecular formula is C25H19N3O4S. The second kappa shape index (κ2) is 8.40. The minimum atomic E-state index is -1.02. The van der Waals surface area contributed by atoms with Crippen molar-refractivity contribution in [2.24, 2.45) is 0 Å². The fourth-order valence-corrected chi connectivity index (χ4v) is 4.42. The third-order valence-electron chi connectivity index (χ3n) is 5.57. The number of rotatable bonds is 5. The molecule has 0 aliphatic carbocycles. The van der Waals surface area contributed by atoms with Gasteiger partial charge in [0.15, 0.2) is 5.11 Å². The summed E-state index contributed by atoms with van der Waals surface area (Å²) >= 11 is 5.67. The average molecular weight is 458 g/mol. The van der Waals surface area contributed by atoms with Gasteiger partial charge in [0.05, 0.1) is 17.3 Å². The van der Waals surface area contributed by atoms with E-state index in [1.165, 1.54) is 0 Å². The number of hydrogen-bond donors (Lipinski definition) is 3. The number of hydrogen-bond acceptors (Lipinski definition) is 5. The number of aromatic carboxylic acids is 1. The number of phenolic OH excluding ortho intramolecular Hbond substituents is 1. The van der Waals surface area contributed by atoms with Crippen LogP contribution in [0.3, 0.4) is 0 Å². The van der Waals surface area contributed by atoms with Gasteiger partial charge in [-0.05, 0) is 66.8 Å². The molecule has 0 spiro atoms. The van der Waals surface area contributed by atoms with Crippen LogP contribution >= 0.6 is 12.2 Å². The van der Waals surface area contributed by atoms with Gasteiger partial charge in [0, 0.05) is 17.4 Å². The Kier molecular flexibility index (Phi) is 5.27. The highest BCUT2D eigenvalue weighted by atomic mass is 32.1. The normalized spacial score (nSPS) is 17.7. The summed E-state index contributed by atoms with van der Waals surface area (Å²) in [6.07, 6.45) is 1.72. The van der Waals surface area contributed by atoms with Crippen molar-refractivity contribution < 1.29 is 19.4 Å². The van der Waals surface area contributed by atoms with Crippen LogP contribution in [0.25, 0.3) is 11.3 Å². The summed E-state index contributed by atoms with van der Waals surface area (Å²) in [5.41, 5.74) is 2.22. The molecule has 0 unspecified atom stereocenters. The van der Waals surface area contributed by atoms with Crippen LogP contribution in [0.2, 0.25) is 0 Å². The molecule has 164 valence electrons. The SMILES string of the molecule is O=C(O)c1ccccc1-c1ccc([C@H]2[C@H](c3ccccn3)NC(=S)N2c2ccc(O)cc2)o1. The van der Waals surface area contributed by atoms with Gasteiger partial charge in [-0.1, -0.05) is 24.3 Å². The minimum Gasteiger partial charge on any atom is -0.508 e. The topological polar surface area (TPSA) is 98.8 Å². The van der Waals surface area contributed by atoms with Crippen LogP contribution < -0.4 is 10.2 Å². The Balaban J connectivity index is 1.61. The van der Waals surface area contributed by atoms with Crippen molar-refractivity contribution in [2.45, 2.75) is 12.1 Å². The highest BCUT2D eigenvalue weighted by molar-refractivity contribution is 7.80. The summed E-state index contributed by atoms with van der Waals surface area (Å²) in [5.74, 6) is 0.178. The number of nitrogens with zero attached hydrogens (tertiary/aromatic N) is 2. The van der Waals surface area contributed by atoms with Crippen LogP contribution in [0.4, 0.5) is 5.69 Å². The summed E-state index contributed by atoms with van der Waals surface area (Å²) in [5, 5.41) is 23.1. The van der Waals surface area contributed by atoms with E-state index in [9.17, 15) is 15.0 Å². The molecule has 5 rings (SSSR count). The Labute approximate surface area is 194 Å². The maximum atomic E-state index is 11.7. The largest absolute Gasteiger partial charge is 0.508 e. The zero-order valence-electron chi connectivity index (χ0n) is 17.3. The van der Waals surface area contributed by atoms with Gasteiger partial charge in [0.1, 0.15) is 23.3 Å². The van der Waals surface area contributed by atoms with E-state index in [0.29, 0.717) is 22.2 Å². The van der Waals surface area contributed by atoms with Gasteiger partial charge in [-0.25, -0.2) is 4.79 Å². The fraction of sp³-hybridized carbons (Fsp3) is 0.0800. The molecule has 0 saturated carbocycles. The van der Waals surface area contributed by atoms with Crippen molar-refractivity contribution in [3.8, 4) is 17.1 Å². The Bertz CT molecular complexity index is 1320. The van der Waals surface area contributed by atoms with E-state index in [4.69, 9.17) is 16.6 Å². The van der Waals surface area contributed by atoms with Crippen molar-refractivity contribution in [3.63, 3.8) is 0 Å². The number of aromatic nitrogens is 1. The molecule has 2 aromatic heterocycles. The predicted octanol–water partition coefficient (Wildman–Crippen LogP) is 4.92. The monoisotopic (exact) mass is 457 g/mol. The number of carboxylic acid groups (broad SMARTS) is 1. The standard InChI is InChI=1S/C25H19N3O4S/c29-16-10-8-15(9-11-16)28-23(22(27-25(28)33)19-7-3-4-14-26-19)21-13-12-20(32-21)17-5-1-2-6-18(17)24(30)31/h1-14,22-23,29H,(H,27,33)(H,30,31)/t22-,23-/m0/s1. The van der Waals surface area contributed by atoms with Crippen LogP contribution in [-0.2, 0) is 0 Å². The molecule has 0 radical (unpaired) electrons. The van der Waals surface area contributed by atoms with Gasteiger partial charge < -0.3 is 24.8 Å². The second-order valence-electron chi connectivity index (χ2n) is 7.57. The number of phenols is 1. The number of carbonyl (C=O) groups is 1. The molecule has 3 heterocycles. The molecule has 2 aromatic carbocycles. The lowest BCUT2D eigenvalue weighted by Crippen LogP contribution is -2.29. The lowest BCUT2D eigenvalue weighted by molar-refractivity contribution is 0.0697. The van der Waals surface area contributed by atoms with E-state index < -0.39 is 5.97 Å². The summed E-state index contributed by atoms with van der Waals surface area (Å²) in [4.78, 5) is 18.1. The molecule has 7 nitrogen and oxygen atoms in total. The van der Waals surface area contributed by atoms with Crippen molar-refractivity contribution in [2.75, 3.05) is 4.90 Å². The summed E-state index contributed by atoms with van der Waals surface area (Å²) < 4.78 is 6.24. The number of anilines is 1. The van der Waals surface area contributed by atoms with E-state index in [0.717, 1.165) is 11.4 Å². The first-order valence-electron chi connectivity index (χ1n) is 10.2. The van der Waals surface area contributed by atoms with E-state index in [-0.39, 0.29) is 23.4 Å². The average Bonchev–Trinajstić information content (AvgIpc) is 3.45. The third-order valence-corrected chi connectivity index (χ3v) is 5.88. The lowest BCUT2D eigenvalue weighted by atomic mass is 10.0. The number of benzene rings is 2. The molecule has 1 fully saturated rings. The number of furan rings is 1. The molecule has 8 heteroatoms. The van der Waals surface area contributed by atoms with Crippen molar-refractivity contribution >= 4 is 29.0 Å². The Morgan fingerprint density at radius 1 is 1.00 bits per heavy atom. The molecule has 3 N–H and O–H groups in total. The third kappa shape index (κ3) is 3.81. The first-order chi connectivity index (χ1) is 16.0. The smallest absolute Gasteiger partial charge is 0.336 e. The Hall–Kier alpha value is -4.17. The Morgan fingerprint density at radius 2 is 1.76 bits per heavy atom. The molecule has 1 saturated heterocycles. The molecular weight excluding hydrogens is 438 g/mol.